The highest BCUT2D eigenvalue weighted by molar-refractivity contribution is 5.85. The number of hydrogen-bond donors (Lipinski definition) is 2. The van der Waals surface area contributed by atoms with Crippen LogP contribution in [0.1, 0.15) is 69.3 Å². The zero-order chi connectivity index (χ0) is 24.6. The topological polar surface area (TPSA) is 68.3 Å². The van der Waals surface area contributed by atoms with Crippen LogP contribution in [0, 0.1) is 5.92 Å². The minimum Gasteiger partial charge on any atom is -0.396 e. The fourth-order valence-corrected chi connectivity index (χ4v) is 5.98. The molecule has 1 aromatic carbocycles. The Morgan fingerprint density at radius 2 is 1.86 bits per heavy atom. The van der Waals surface area contributed by atoms with Gasteiger partial charge in [-0.1, -0.05) is 18.2 Å². The summed E-state index contributed by atoms with van der Waals surface area (Å²) in [6.07, 6.45) is 8.98. The van der Waals surface area contributed by atoms with Gasteiger partial charge in [0.15, 0.2) is 0 Å². The van der Waals surface area contributed by atoms with Gasteiger partial charge in [0.25, 0.3) is 0 Å². The number of nitrogens with one attached hydrogen (secondary N) is 1. The highest BCUT2D eigenvalue weighted by Gasteiger charge is 2.38. The molecule has 6 nitrogen and oxygen atoms in total. The Balaban J connectivity index is 1.43. The van der Waals surface area contributed by atoms with Gasteiger partial charge in [-0.15, -0.1) is 0 Å². The molecule has 2 aromatic heterocycles. The van der Waals surface area contributed by atoms with Gasteiger partial charge >= 0.3 is 0 Å². The largest absolute Gasteiger partial charge is 0.396 e. The lowest BCUT2D eigenvalue weighted by Gasteiger charge is -2.42. The molecule has 2 atom stereocenters. The van der Waals surface area contributed by atoms with Crippen molar-refractivity contribution >= 4 is 16.9 Å². The highest BCUT2D eigenvalue weighted by Crippen LogP contribution is 2.41. The van der Waals surface area contributed by atoms with E-state index in [1.807, 2.05) is 12.4 Å². The molecule has 0 radical (unpaired) electrons. The van der Waals surface area contributed by atoms with E-state index < -0.39 is 5.67 Å². The van der Waals surface area contributed by atoms with Crippen molar-refractivity contribution < 1.29 is 9.50 Å². The quantitative estimate of drug-likeness (QED) is 0.497. The Hall–Kier alpha value is -2.51. The smallest absolute Gasteiger partial charge is 0.225 e. The fourth-order valence-electron chi connectivity index (χ4n) is 5.98. The second-order valence-corrected chi connectivity index (χ2v) is 11.0. The number of fused-ring (bicyclic) bond motifs is 3. The third kappa shape index (κ3) is 5.07. The van der Waals surface area contributed by atoms with Crippen LogP contribution in [0.25, 0.3) is 10.9 Å². The molecule has 2 aliphatic rings. The first-order chi connectivity index (χ1) is 16.8. The first kappa shape index (κ1) is 24.2. The Kier molecular flexibility index (Phi) is 6.82. The van der Waals surface area contributed by atoms with Crippen molar-refractivity contribution in [2.45, 2.75) is 70.6 Å². The molecule has 0 saturated carbocycles. The highest BCUT2D eigenvalue weighted by atomic mass is 19.1. The molecule has 1 fully saturated rings. The number of rotatable bonds is 7. The minimum absolute atomic E-state index is 0.116. The van der Waals surface area contributed by atoms with Crippen LogP contribution in [0.15, 0.2) is 36.7 Å². The lowest BCUT2D eigenvalue weighted by atomic mass is 9.88. The van der Waals surface area contributed by atoms with Crippen LogP contribution in [0.5, 0.6) is 0 Å². The van der Waals surface area contributed by atoms with Crippen LogP contribution in [0.4, 0.5) is 10.3 Å². The van der Waals surface area contributed by atoms with Crippen molar-refractivity contribution in [1.29, 1.82) is 0 Å². The maximum Gasteiger partial charge on any atom is 0.225 e. The number of anilines is 1. The molecule has 2 aliphatic heterocycles. The molecule has 0 aliphatic carbocycles. The summed E-state index contributed by atoms with van der Waals surface area (Å²) >= 11 is 0. The number of aromatic nitrogens is 3. The molecule has 1 saturated heterocycles. The number of aliphatic hydroxyl groups excluding tert-OH is 1. The second kappa shape index (κ2) is 9.86. The van der Waals surface area contributed by atoms with E-state index in [4.69, 9.17) is 15.1 Å². The van der Waals surface area contributed by atoms with Crippen LogP contribution in [-0.4, -0.2) is 62.9 Å². The Labute approximate surface area is 207 Å². The summed E-state index contributed by atoms with van der Waals surface area (Å²) in [5, 5.41) is 10.4. The molecular formula is C28H38FN5O. The lowest BCUT2D eigenvalue weighted by molar-refractivity contribution is 0.0665. The number of piperidine rings is 1. The number of para-hydroxylation sites is 1. The van der Waals surface area contributed by atoms with Crippen molar-refractivity contribution in [3.63, 3.8) is 0 Å². The number of nitrogens with zero attached hydrogens (tertiary/aromatic N) is 4. The molecule has 0 unspecified atom stereocenters. The summed E-state index contributed by atoms with van der Waals surface area (Å²) in [5.41, 5.74) is 3.26. The van der Waals surface area contributed by atoms with Crippen LogP contribution in [0.3, 0.4) is 0 Å². The monoisotopic (exact) mass is 479 g/mol. The van der Waals surface area contributed by atoms with Crippen LogP contribution >= 0.6 is 0 Å². The molecule has 0 amide bonds. The summed E-state index contributed by atoms with van der Waals surface area (Å²) in [7, 11) is 0. The first-order valence-electron chi connectivity index (χ1n) is 13.1. The molecule has 2 N–H and O–H groups in total. The number of H-pyrrole nitrogens is 1. The van der Waals surface area contributed by atoms with Gasteiger partial charge in [-0.05, 0) is 70.4 Å². The van der Waals surface area contributed by atoms with Crippen molar-refractivity contribution in [2.75, 3.05) is 31.1 Å². The van der Waals surface area contributed by atoms with E-state index in [1.165, 1.54) is 10.9 Å². The number of aromatic amines is 1. The minimum atomic E-state index is -1.31. The molecule has 0 spiro atoms. The third-order valence-electron chi connectivity index (χ3n) is 7.72. The van der Waals surface area contributed by atoms with E-state index in [-0.39, 0.29) is 18.7 Å². The average Bonchev–Trinajstić information content (AvgIpc) is 3.21. The third-order valence-corrected chi connectivity index (χ3v) is 7.72. The maximum absolute atomic E-state index is 14.9. The van der Waals surface area contributed by atoms with Gasteiger partial charge in [-0.3, -0.25) is 4.90 Å². The van der Waals surface area contributed by atoms with E-state index in [0.29, 0.717) is 12.5 Å². The standard InChI is InChI=1S/C28H38FN5O/c1-19-15-23-22-8-4-5-9-24(22)32-25(23)26(34(19)18-28(2,3)29)21-16-30-27(31-17-21)33-12-10-20(11-13-33)7-6-14-35/h4-5,8-9,16-17,19-20,26,32,35H,6-7,10-15,18H2,1-3H3/t19-,26-/m1/s1. The van der Waals surface area contributed by atoms with Crippen LogP contribution in [-0.2, 0) is 6.42 Å². The Morgan fingerprint density at radius 1 is 1.14 bits per heavy atom. The predicted molar refractivity (Wildman–Crippen MR) is 138 cm³/mol. The fraction of sp³-hybridized carbons (Fsp3) is 0.571. The number of halogens is 1. The van der Waals surface area contributed by atoms with Gasteiger partial charge in [0, 0.05) is 66.8 Å². The van der Waals surface area contributed by atoms with Gasteiger partial charge in [0.05, 0.1) is 6.04 Å². The van der Waals surface area contributed by atoms with Crippen LogP contribution < -0.4 is 4.90 Å². The summed E-state index contributed by atoms with van der Waals surface area (Å²) in [6, 6.07) is 8.50. The molecule has 7 heteroatoms. The van der Waals surface area contributed by atoms with E-state index in [1.54, 1.807) is 13.8 Å². The van der Waals surface area contributed by atoms with E-state index >= 15 is 0 Å². The second-order valence-electron chi connectivity index (χ2n) is 11.0. The summed E-state index contributed by atoms with van der Waals surface area (Å²) < 4.78 is 14.9. The number of hydrogen-bond acceptors (Lipinski definition) is 5. The molecule has 0 bridgehead atoms. The van der Waals surface area contributed by atoms with Crippen molar-refractivity contribution in [1.82, 2.24) is 19.9 Å². The van der Waals surface area contributed by atoms with Crippen molar-refractivity contribution in [3.05, 3.63) is 53.5 Å². The van der Waals surface area contributed by atoms with Crippen LogP contribution in [0.2, 0.25) is 0 Å². The van der Waals surface area contributed by atoms with Crippen molar-refractivity contribution in [2.24, 2.45) is 5.92 Å². The first-order valence-corrected chi connectivity index (χ1v) is 13.1. The molecule has 35 heavy (non-hydrogen) atoms. The number of alkyl halides is 1. The molecule has 4 heterocycles. The van der Waals surface area contributed by atoms with Gasteiger partial charge in [-0.2, -0.15) is 0 Å². The summed E-state index contributed by atoms with van der Waals surface area (Å²) in [6.45, 7) is 8.02. The average molecular weight is 480 g/mol. The molecule has 188 valence electrons. The molecular weight excluding hydrogens is 441 g/mol. The van der Waals surface area contributed by atoms with E-state index in [2.05, 4.69) is 46.0 Å². The predicted octanol–water partition coefficient (Wildman–Crippen LogP) is 5.03. The van der Waals surface area contributed by atoms with Gasteiger partial charge in [0.2, 0.25) is 5.95 Å². The van der Waals surface area contributed by atoms with Gasteiger partial charge < -0.3 is 15.0 Å². The lowest BCUT2D eigenvalue weighted by Crippen LogP contribution is -2.47. The SMILES string of the molecule is C[C@@H]1Cc2c([nH]c3ccccc23)[C@@H](c2cnc(N3CCC(CCCO)CC3)nc2)N1CC(C)(C)F. The zero-order valence-corrected chi connectivity index (χ0v) is 21.2. The zero-order valence-electron chi connectivity index (χ0n) is 21.2. The maximum atomic E-state index is 14.9. The molecule has 5 rings (SSSR count). The Bertz CT molecular complexity index is 1130. The Morgan fingerprint density at radius 3 is 2.54 bits per heavy atom. The van der Waals surface area contributed by atoms with E-state index in [9.17, 15) is 4.39 Å². The normalized spacial score (nSPS) is 22.0. The number of aliphatic hydroxyl groups is 1. The van der Waals surface area contributed by atoms with Gasteiger partial charge in [-0.25, -0.2) is 14.4 Å². The van der Waals surface area contributed by atoms with Crippen molar-refractivity contribution in [3.8, 4) is 0 Å². The van der Waals surface area contributed by atoms with Gasteiger partial charge in [0.1, 0.15) is 5.67 Å². The summed E-state index contributed by atoms with van der Waals surface area (Å²) in [4.78, 5) is 17.8. The summed E-state index contributed by atoms with van der Waals surface area (Å²) in [5.74, 6) is 1.45. The number of benzene rings is 1. The van der Waals surface area contributed by atoms with E-state index in [0.717, 1.165) is 67.9 Å². The molecule has 3 aromatic rings.